The lowest BCUT2D eigenvalue weighted by molar-refractivity contribution is 0.0427. The average molecular weight is 299 g/mol. The molecule has 0 aliphatic heterocycles. The van der Waals surface area contributed by atoms with Gasteiger partial charge in [-0.1, -0.05) is 40.6 Å². The molecule has 2 aromatic heterocycles. The van der Waals surface area contributed by atoms with Gasteiger partial charge in [0.15, 0.2) is 6.61 Å². The molecule has 1 aromatic carbocycles. The third-order valence-corrected chi connectivity index (χ3v) is 3.06. The van der Waals surface area contributed by atoms with E-state index in [4.69, 9.17) is 13.8 Å². The summed E-state index contributed by atoms with van der Waals surface area (Å²) in [5.41, 5.74) is 1.63. The molecule has 0 spiro atoms. The summed E-state index contributed by atoms with van der Waals surface area (Å²) in [6, 6.07) is 9.39. The van der Waals surface area contributed by atoms with Crippen LogP contribution >= 0.6 is 0 Å². The molecule has 7 nitrogen and oxygen atoms in total. The summed E-state index contributed by atoms with van der Waals surface area (Å²) in [6.07, 6.45) is 0. The van der Waals surface area contributed by atoms with E-state index in [0.717, 1.165) is 5.56 Å². The van der Waals surface area contributed by atoms with Gasteiger partial charge in [0.25, 0.3) is 5.89 Å². The molecule has 0 radical (unpaired) electrons. The van der Waals surface area contributed by atoms with Crippen LogP contribution in [0, 0.1) is 13.8 Å². The average Bonchev–Trinajstić information content (AvgIpc) is 3.13. The third-order valence-electron chi connectivity index (χ3n) is 3.06. The number of rotatable bonds is 4. The summed E-state index contributed by atoms with van der Waals surface area (Å²) in [6.45, 7) is 3.22. The van der Waals surface area contributed by atoms with E-state index in [1.54, 1.807) is 13.8 Å². The van der Waals surface area contributed by atoms with Gasteiger partial charge in [0.2, 0.25) is 5.82 Å². The molecule has 0 fully saturated rings. The number of nitrogens with zero attached hydrogens (tertiary/aromatic N) is 3. The minimum absolute atomic E-state index is 0.108. The number of benzene rings is 1. The van der Waals surface area contributed by atoms with E-state index < -0.39 is 5.97 Å². The van der Waals surface area contributed by atoms with Gasteiger partial charge in [-0.15, -0.1) is 0 Å². The maximum absolute atomic E-state index is 12.0. The lowest BCUT2D eigenvalue weighted by atomic mass is 10.2. The number of carbonyl (C=O) groups excluding carboxylic acids is 1. The third kappa shape index (κ3) is 2.73. The van der Waals surface area contributed by atoms with Gasteiger partial charge in [-0.25, -0.2) is 4.79 Å². The number of hydrogen-bond acceptors (Lipinski definition) is 7. The van der Waals surface area contributed by atoms with Crippen molar-refractivity contribution in [3.05, 3.63) is 53.2 Å². The second kappa shape index (κ2) is 5.80. The van der Waals surface area contributed by atoms with Gasteiger partial charge in [0.05, 0.1) is 5.69 Å². The second-order valence-corrected chi connectivity index (χ2v) is 4.65. The van der Waals surface area contributed by atoms with Crippen molar-refractivity contribution in [3.8, 4) is 11.4 Å². The van der Waals surface area contributed by atoms with Crippen LogP contribution in [0.1, 0.15) is 27.7 Å². The van der Waals surface area contributed by atoms with Crippen LogP contribution in [0.25, 0.3) is 11.4 Å². The predicted molar refractivity (Wildman–Crippen MR) is 74.8 cm³/mol. The highest BCUT2D eigenvalue weighted by Crippen LogP contribution is 2.17. The van der Waals surface area contributed by atoms with Gasteiger partial charge in [-0.05, 0) is 13.8 Å². The Morgan fingerprint density at radius 2 is 1.91 bits per heavy atom. The Hall–Kier alpha value is -2.96. The monoisotopic (exact) mass is 299 g/mol. The normalized spacial score (nSPS) is 10.6. The first-order valence-electron chi connectivity index (χ1n) is 6.63. The van der Waals surface area contributed by atoms with Crippen molar-refractivity contribution in [1.29, 1.82) is 0 Å². The van der Waals surface area contributed by atoms with Crippen molar-refractivity contribution in [2.24, 2.45) is 0 Å². The molecule has 0 saturated carbocycles. The Bertz CT molecular complexity index is 773. The number of aryl methyl sites for hydroxylation is 2. The molecule has 3 rings (SSSR count). The lowest BCUT2D eigenvalue weighted by Crippen LogP contribution is -2.07. The molecule has 7 heteroatoms. The molecule has 3 aromatic rings. The fraction of sp³-hybridized carbons (Fsp3) is 0.200. The van der Waals surface area contributed by atoms with Crippen molar-refractivity contribution in [2.45, 2.75) is 20.5 Å². The molecule has 0 unspecified atom stereocenters. The summed E-state index contributed by atoms with van der Waals surface area (Å²) in [4.78, 5) is 16.2. The van der Waals surface area contributed by atoms with Crippen molar-refractivity contribution in [2.75, 3.05) is 0 Å². The van der Waals surface area contributed by atoms with Crippen LogP contribution in [0.15, 0.2) is 39.4 Å². The SMILES string of the molecule is Cc1noc(C)c1C(=O)OCc1nc(-c2ccccc2)no1. The van der Waals surface area contributed by atoms with Crippen LogP contribution in [-0.2, 0) is 11.3 Å². The fourth-order valence-electron chi connectivity index (χ4n) is 1.99. The van der Waals surface area contributed by atoms with Crippen LogP contribution in [0.3, 0.4) is 0 Å². The number of ether oxygens (including phenoxy) is 1. The Labute approximate surface area is 125 Å². The maximum Gasteiger partial charge on any atom is 0.344 e. The Kier molecular flexibility index (Phi) is 3.69. The van der Waals surface area contributed by atoms with E-state index in [9.17, 15) is 4.79 Å². The zero-order valence-corrected chi connectivity index (χ0v) is 12.1. The van der Waals surface area contributed by atoms with Crippen LogP contribution in [0.4, 0.5) is 0 Å². The van der Waals surface area contributed by atoms with E-state index in [-0.39, 0.29) is 12.5 Å². The molecule has 0 aliphatic rings. The van der Waals surface area contributed by atoms with Gasteiger partial charge in [-0.2, -0.15) is 4.98 Å². The van der Waals surface area contributed by atoms with Gasteiger partial charge >= 0.3 is 5.97 Å². The number of esters is 1. The van der Waals surface area contributed by atoms with Crippen molar-refractivity contribution in [1.82, 2.24) is 15.3 Å². The van der Waals surface area contributed by atoms with Gasteiger partial charge in [-0.3, -0.25) is 0 Å². The fourth-order valence-corrected chi connectivity index (χ4v) is 1.99. The molecule has 0 saturated heterocycles. The highest BCUT2D eigenvalue weighted by Gasteiger charge is 2.20. The molecule has 2 heterocycles. The van der Waals surface area contributed by atoms with Crippen molar-refractivity contribution >= 4 is 5.97 Å². The first-order chi connectivity index (χ1) is 10.6. The number of aromatic nitrogens is 3. The molecule has 112 valence electrons. The Morgan fingerprint density at radius 3 is 2.59 bits per heavy atom. The summed E-state index contributed by atoms with van der Waals surface area (Å²) in [5, 5.41) is 7.56. The molecular formula is C15H13N3O4. The van der Waals surface area contributed by atoms with Crippen LogP contribution < -0.4 is 0 Å². The number of hydrogen-bond donors (Lipinski definition) is 0. The van der Waals surface area contributed by atoms with Crippen LogP contribution in [0.5, 0.6) is 0 Å². The minimum Gasteiger partial charge on any atom is -0.452 e. The van der Waals surface area contributed by atoms with Gasteiger partial charge in [0.1, 0.15) is 11.3 Å². The van der Waals surface area contributed by atoms with Crippen molar-refractivity contribution < 1.29 is 18.6 Å². The number of carbonyl (C=O) groups is 1. The van der Waals surface area contributed by atoms with E-state index in [1.807, 2.05) is 30.3 Å². The first kappa shape index (κ1) is 14.0. The first-order valence-corrected chi connectivity index (χ1v) is 6.63. The van der Waals surface area contributed by atoms with E-state index in [2.05, 4.69) is 15.3 Å². The Morgan fingerprint density at radius 1 is 1.14 bits per heavy atom. The predicted octanol–water partition coefficient (Wildman–Crippen LogP) is 2.70. The quantitative estimate of drug-likeness (QED) is 0.684. The summed E-state index contributed by atoms with van der Waals surface area (Å²) in [5.74, 6) is 0.552. The summed E-state index contributed by atoms with van der Waals surface area (Å²) in [7, 11) is 0. The van der Waals surface area contributed by atoms with Crippen LogP contribution in [0.2, 0.25) is 0 Å². The lowest BCUT2D eigenvalue weighted by Gasteiger charge is -2.00. The summed E-state index contributed by atoms with van der Waals surface area (Å²) < 4.78 is 15.1. The molecule has 0 atom stereocenters. The van der Waals surface area contributed by atoms with E-state index in [1.165, 1.54) is 0 Å². The van der Waals surface area contributed by atoms with E-state index in [0.29, 0.717) is 22.8 Å². The minimum atomic E-state index is -0.532. The zero-order chi connectivity index (χ0) is 15.5. The smallest absolute Gasteiger partial charge is 0.344 e. The van der Waals surface area contributed by atoms with Gasteiger partial charge < -0.3 is 13.8 Å². The summed E-state index contributed by atoms with van der Waals surface area (Å²) >= 11 is 0. The van der Waals surface area contributed by atoms with Crippen LogP contribution in [-0.4, -0.2) is 21.3 Å². The highest BCUT2D eigenvalue weighted by molar-refractivity contribution is 5.91. The van der Waals surface area contributed by atoms with Crippen molar-refractivity contribution in [3.63, 3.8) is 0 Å². The zero-order valence-electron chi connectivity index (χ0n) is 12.1. The largest absolute Gasteiger partial charge is 0.452 e. The topological polar surface area (TPSA) is 91.2 Å². The molecule has 0 N–H and O–H groups in total. The molecule has 0 bridgehead atoms. The molecule has 22 heavy (non-hydrogen) atoms. The maximum atomic E-state index is 12.0. The second-order valence-electron chi connectivity index (χ2n) is 4.65. The molecule has 0 amide bonds. The van der Waals surface area contributed by atoms with E-state index >= 15 is 0 Å². The molecule has 0 aliphatic carbocycles. The highest BCUT2D eigenvalue weighted by atomic mass is 16.6. The molecular weight excluding hydrogens is 286 g/mol. The Balaban J connectivity index is 1.68. The van der Waals surface area contributed by atoms with Gasteiger partial charge in [0, 0.05) is 5.56 Å². The standard InChI is InChI=1S/C15H13N3O4/c1-9-13(10(2)21-17-9)15(19)20-8-12-16-14(18-22-12)11-6-4-3-5-7-11/h3-7H,8H2,1-2H3.